The summed E-state index contributed by atoms with van der Waals surface area (Å²) in [7, 11) is 1.75. The third-order valence-corrected chi connectivity index (χ3v) is 2.37. The standard InChI is InChI=1S/C12H11F3N2O/c1-17-7-11(6-16-17)18-8-9-2-4-10(5-3-9)12(13,14)15/h2-7H,8H2,1H3. The Morgan fingerprint density at radius 1 is 1.22 bits per heavy atom. The van der Waals surface area contributed by atoms with E-state index in [1.54, 1.807) is 24.1 Å². The highest BCUT2D eigenvalue weighted by Crippen LogP contribution is 2.29. The summed E-state index contributed by atoms with van der Waals surface area (Å²) in [6, 6.07) is 4.89. The molecular weight excluding hydrogens is 245 g/mol. The largest absolute Gasteiger partial charge is 0.486 e. The third kappa shape index (κ3) is 3.03. The summed E-state index contributed by atoms with van der Waals surface area (Å²) in [4.78, 5) is 0. The van der Waals surface area contributed by atoms with Crippen molar-refractivity contribution in [2.45, 2.75) is 12.8 Å². The summed E-state index contributed by atoms with van der Waals surface area (Å²) in [5, 5.41) is 3.92. The molecule has 0 bridgehead atoms. The third-order valence-electron chi connectivity index (χ3n) is 2.37. The Labute approximate surface area is 102 Å². The maximum absolute atomic E-state index is 12.3. The fourth-order valence-corrected chi connectivity index (χ4v) is 1.43. The summed E-state index contributed by atoms with van der Waals surface area (Å²) in [5.41, 5.74) is 0.0134. The van der Waals surface area contributed by atoms with Crippen molar-refractivity contribution < 1.29 is 17.9 Å². The number of hydrogen-bond donors (Lipinski definition) is 0. The van der Waals surface area contributed by atoms with Gasteiger partial charge in [-0.3, -0.25) is 4.68 Å². The predicted molar refractivity (Wildman–Crippen MR) is 59.0 cm³/mol. The molecule has 0 radical (unpaired) electrons. The number of hydrogen-bond acceptors (Lipinski definition) is 2. The van der Waals surface area contributed by atoms with Crippen LogP contribution in [0.25, 0.3) is 0 Å². The van der Waals surface area contributed by atoms with Crippen LogP contribution in [0.2, 0.25) is 0 Å². The topological polar surface area (TPSA) is 27.1 Å². The highest BCUT2D eigenvalue weighted by molar-refractivity contribution is 5.24. The van der Waals surface area contributed by atoms with Gasteiger partial charge in [0.15, 0.2) is 5.75 Å². The molecule has 0 atom stereocenters. The molecule has 0 unspecified atom stereocenters. The van der Waals surface area contributed by atoms with E-state index in [1.807, 2.05) is 0 Å². The van der Waals surface area contributed by atoms with E-state index in [4.69, 9.17) is 4.74 Å². The lowest BCUT2D eigenvalue weighted by atomic mass is 10.1. The van der Waals surface area contributed by atoms with Gasteiger partial charge in [0, 0.05) is 7.05 Å². The Morgan fingerprint density at radius 3 is 2.39 bits per heavy atom. The van der Waals surface area contributed by atoms with E-state index in [-0.39, 0.29) is 6.61 Å². The molecule has 3 nitrogen and oxygen atoms in total. The lowest BCUT2D eigenvalue weighted by molar-refractivity contribution is -0.137. The predicted octanol–water partition coefficient (Wildman–Crippen LogP) is 3.02. The lowest BCUT2D eigenvalue weighted by Gasteiger charge is -2.08. The number of halogens is 3. The molecule has 0 saturated carbocycles. The van der Waals surface area contributed by atoms with Gasteiger partial charge in [-0.2, -0.15) is 18.3 Å². The van der Waals surface area contributed by atoms with Crippen molar-refractivity contribution in [3.05, 3.63) is 47.8 Å². The summed E-state index contributed by atoms with van der Waals surface area (Å²) >= 11 is 0. The Hall–Kier alpha value is -1.98. The van der Waals surface area contributed by atoms with Crippen LogP contribution in [0.5, 0.6) is 5.75 Å². The summed E-state index contributed by atoms with van der Waals surface area (Å²) < 4.78 is 44.0. The number of aromatic nitrogens is 2. The quantitative estimate of drug-likeness (QED) is 0.844. The Kier molecular flexibility index (Phi) is 3.27. The van der Waals surface area contributed by atoms with Gasteiger partial charge in [-0.1, -0.05) is 12.1 Å². The fourth-order valence-electron chi connectivity index (χ4n) is 1.43. The molecular formula is C12H11F3N2O. The molecule has 0 amide bonds. The van der Waals surface area contributed by atoms with E-state index >= 15 is 0 Å². The fraction of sp³-hybridized carbons (Fsp3) is 0.250. The Morgan fingerprint density at radius 2 is 1.89 bits per heavy atom. The summed E-state index contributed by atoms with van der Waals surface area (Å²) in [6.07, 6.45) is -1.07. The molecule has 0 aliphatic rings. The van der Waals surface area contributed by atoms with Crippen LogP contribution < -0.4 is 4.74 Å². The first-order valence-electron chi connectivity index (χ1n) is 5.23. The second kappa shape index (κ2) is 4.72. The molecule has 2 rings (SSSR count). The zero-order chi connectivity index (χ0) is 13.2. The molecule has 0 saturated heterocycles. The minimum atomic E-state index is -4.30. The number of alkyl halides is 3. The van der Waals surface area contributed by atoms with Gasteiger partial charge in [-0.05, 0) is 17.7 Å². The molecule has 0 aliphatic heterocycles. The normalized spacial score (nSPS) is 11.6. The number of nitrogens with zero attached hydrogens (tertiary/aromatic N) is 2. The van der Waals surface area contributed by atoms with Crippen LogP contribution in [-0.4, -0.2) is 9.78 Å². The maximum atomic E-state index is 12.3. The monoisotopic (exact) mass is 256 g/mol. The second-order valence-corrected chi connectivity index (χ2v) is 3.83. The van der Waals surface area contributed by atoms with Crippen LogP contribution in [0.3, 0.4) is 0 Å². The average Bonchev–Trinajstić information content (AvgIpc) is 2.72. The molecule has 18 heavy (non-hydrogen) atoms. The van der Waals surface area contributed by atoms with E-state index in [0.29, 0.717) is 11.3 Å². The van der Waals surface area contributed by atoms with Gasteiger partial charge in [0.25, 0.3) is 0 Å². The Balaban J connectivity index is 1.98. The van der Waals surface area contributed by atoms with Crippen LogP contribution in [0.4, 0.5) is 13.2 Å². The van der Waals surface area contributed by atoms with Crippen molar-refractivity contribution in [1.29, 1.82) is 0 Å². The SMILES string of the molecule is Cn1cc(OCc2ccc(C(F)(F)F)cc2)cn1. The number of ether oxygens (including phenoxy) is 1. The lowest BCUT2D eigenvalue weighted by Crippen LogP contribution is -2.05. The molecule has 0 N–H and O–H groups in total. The smallest absolute Gasteiger partial charge is 0.416 e. The number of rotatable bonds is 3. The summed E-state index contributed by atoms with van der Waals surface area (Å²) in [6.45, 7) is 0.212. The number of aryl methyl sites for hydroxylation is 1. The molecule has 96 valence electrons. The van der Waals surface area contributed by atoms with Crippen LogP contribution in [0, 0.1) is 0 Å². The van der Waals surface area contributed by atoms with Crippen molar-refractivity contribution in [3.8, 4) is 5.75 Å². The van der Waals surface area contributed by atoms with Crippen LogP contribution in [0.15, 0.2) is 36.7 Å². The van der Waals surface area contributed by atoms with E-state index in [9.17, 15) is 13.2 Å². The van der Waals surface area contributed by atoms with Gasteiger partial charge < -0.3 is 4.74 Å². The van der Waals surface area contributed by atoms with Crippen molar-refractivity contribution in [1.82, 2.24) is 9.78 Å². The van der Waals surface area contributed by atoms with Crippen LogP contribution in [0.1, 0.15) is 11.1 Å². The number of benzene rings is 1. The molecule has 0 aliphatic carbocycles. The molecule has 1 aromatic heterocycles. The van der Waals surface area contributed by atoms with Gasteiger partial charge >= 0.3 is 6.18 Å². The van der Waals surface area contributed by atoms with E-state index in [1.165, 1.54) is 12.1 Å². The van der Waals surface area contributed by atoms with Gasteiger partial charge in [0.2, 0.25) is 0 Å². The van der Waals surface area contributed by atoms with Gasteiger partial charge in [-0.15, -0.1) is 0 Å². The maximum Gasteiger partial charge on any atom is 0.416 e. The van der Waals surface area contributed by atoms with E-state index in [0.717, 1.165) is 12.1 Å². The molecule has 0 spiro atoms. The van der Waals surface area contributed by atoms with Crippen molar-refractivity contribution >= 4 is 0 Å². The van der Waals surface area contributed by atoms with Gasteiger partial charge in [0.05, 0.1) is 18.0 Å². The van der Waals surface area contributed by atoms with Crippen molar-refractivity contribution in [2.24, 2.45) is 7.05 Å². The summed E-state index contributed by atoms with van der Waals surface area (Å²) in [5.74, 6) is 0.581. The van der Waals surface area contributed by atoms with E-state index in [2.05, 4.69) is 5.10 Å². The zero-order valence-corrected chi connectivity index (χ0v) is 9.61. The van der Waals surface area contributed by atoms with Gasteiger partial charge in [-0.25, -0.2) is 0 Å². The van der Waals surface area contributed by atoms with Gasteiger partial charge in [0.1, 0.15) is 6.61 Å². The minimum absolute atomic E-state index is 0.212. The van der Waals surface area contributed by atoms with Crippen LogP contribution >= 0.6 is 0 Å². The molecule has 2 aromatic rings. The minimum Gasteiger partial charge on any atom is -0.486 e. The molecule has 1 aromatic carbocycles. The average molecular weight is 256 g/mol. The molecule has 0 fully saturated rings. The van der Waals surface area contributed by atoms with E-state index < -0.39 is 11.7 Å². The zero-order valence-electron chi connectivity index (χ0n) is 9.61. The first-order valence-corrected chi connectivity index (χ1v) is 5.23. The van der Waals surface area contributed by atoms with Crippen molar-refractivity contribution in [3.63, 3.8) is 0 Å². The Bertz CT molecular complexity index is 517. The molecule has 6 heteroatoms. The second-order valence-electron chi connectivity index (χ2n) is 3.83. The highest BCUT2D eigenvalue weighted by Gasteiger charge is 2.29. The van der Waals surface area contributed by atoms with Crippen LogP contribution in [-0.2, 0) is 19.8 Å². The highest BCUT2D eigenvalue weighted by atomic mass is 19.4. The first-order chi connectivity index (χ1) is 8.45. The molecule has 1 heterocycles. The first kappa shape index (κ1) is 12.5. The van der Waals surface area contributed by atoms with Crippen molar-refractivity contribution in [2.75, 3.05) is 0 Å².